The highest BCUT2D eigenvalue weighted by atomic mass is 16.6. The van der Waals surface area contributed by atoms with E-state index in [-0.39, 0.29) is 18.0 Å². The number of hydrogen-bond acceptors (Lipinski definition) is 6. The van der Waals surface area contributed by atoms with Crippen LogP contribution in [0.25, 0.3) is 0 Å². The maximum atomic E-state index is 11.8. The molecule has 1 N–H and O–H groups in total. The van der Waals surface area contributed by atoms with Crippen LogP contribution >= 0.6 is 0 Å². The van der Waals surface area contributed by atoms with Crippen LogP contribution in [0.15, 0.2) is 53.7 Å². The Bertz CT molecular complexity index is 747. The Morgan fingerprint density at radius 2 is 2.04 bits per heavy atom. The lowest BCUT2D eigenvalue weighted by atomic mass is 10.2. The number of anilines is 1. The maximum absolute atomic E-state index is 11.8. The van der Waals surface area contributed by atoms with E-state index in [0.717, 1.165) is 5.56 Å². The average molecular weight is 329 g/mol. The molecule has 2 aromatic carbocycles. The van der Waals surface area contributed by atoms with Crippen LogP contribution in [0.2, 0.25) is 0 Å². The van der Waals surface area contributed by atoms with Gasteiger partial charge in [-0.15, -0.1) is 0 Å². The van der Waals surface area contributed by atoms with E-state index in [4.69, 9.17) is 9.57 Å². The molecule has 0 spiro atoms. The molecule has 0 saturated heterocycles. The van der Waals surface area contributed by atoms with Gasteiger partial charge in [0.25, 0.3) is 11.6 Å². The summed E-state index contributed by atoms with van der Waals surface area (Å²) in [6.07, 6.45) is 1.49. The summed E-state index contributed by atoms with van der Waals surface area (Å²) in [5, 5.41) is 17.0. The molecule has 0 aliphatic carbocycles. The topological polar surface area (TPSA) is 103 Å². The van der Waals surface area contributed by atoms with Crippen LogP contribution in [-0.4, -0.2) is 30.8 Å². The van der Waals surface area contributed by atoms with Crippen LogP contribution in [0.4, 0.5) is 11.4 Å². The number of amides is 1. The first kappa shape index (κ1) is 16.9. The highest BCUT2D eigenvalue weighted by molar-refractivity contribution is 5.93. The van der Waals surface area contributed by atoms with Crippen molar-refractivity contribution in [3.8, 4) is 5.75 Å². The van der Waals surface area contributed by atoms with Crippen molar-refractivity contribution in [2.75, 3.05) is 19.0 Å². The summed E-state index contributed by atoms with van der Waals surface area (Å²) in [5.41, 5.74) is 1.02. The summed E-state index contributed by atoms with van der Waals surface area (Å²) in [6.45, 7) is -0.302. The summed E-state index contributed by atoms with van der Waals surface area (Å²) in [4.78, 5) is 26.9. The first-order valence-corrected chi connectivity index (χ1v) is 6.93. The van der Waals surface area contributed by atoms with Gasteiger partial charge in [-0.25, -0.2) is 0 Å². The van der Waals surface area contributed by atoms with E-state index >= 15 is 0 Å². The molecule has 8 heteroatoms. The van der Waals surface area contributed by atoms with Crippen molar-refractivity contribution in [1.82, 2.24) is 0 Å². The SMILES string of the molecule is COc1cc([N+](=O)[O-])ccc1NC(=O)CO/N=C\c1ccccc1. The minimum atomic E-state index is -0.546. The fourth-order valence-corrected chi connectivity index (χ4v) is 1.82. The van der Waals surface area contributed by atoms with E-state index in [2.05, 4.69) is 10.5 Å². The van der Waals surface area contributed by atoms with Crippen molar-refractivity contribution < 1.29 is 19.3 Å². The lowest BCUT2D eigenvalue weighted by molar-refractivity contribution is -0.384. The molecule has 1 amide bonds. The van der Waals surface area contributed by atoms with E-state index in [0.29, 0.717) is 5.69 Å². The Kier molecular flexibility index (Phi) is 5.84. The number of hydrogen-bond donors (Lipinski definition) is 1. The molecule has 24 heavy (non-hydrogen) atoms. The highest BCUT2D eigenvalue weighted by Crippen LogP contribution is 2.28. The number of carbonyl (C=O) groups is 1. The number of nitrogens with one attached hydrogen (secondary N) is 1. The van der Waals surface area contributed by atoms with Crippen molar-refractivity contribution in [2.24, 2.45) is 5.16 Å². The third kappa shape index (κ3) is 4.80. The number of rotatable bonds is 7. The lowest BCUT2D eigenvalue weighted by Crippen LogP contribution is -2.17. The third-order valence-electron chi connectivity index (χ3n) is 2.94. The summed E-state index contributed by atoms with van der Waals surface area (Å²) in [5.74, 6) is -0.280. The Balaban J connectivity index is 1.90. The Hall–Kier alpha value is -3.42. The molecule has 124 valence electrons. The molecular weight excluding hydrogens is 314 g/mol. The zero-order valence-electron chi connectivity index (χ0n) is 12.8. The van der Waals surface area contributed by atoms with Gasteiger partial charge in [0.2, 0.25) is 0 Å². The zero-order valence-corrected chi connectivity index (χ0v) is 12.8. The van der Waals surface area contributed by atoms with Gasteiger partial charge in [-0.1, -0.05) is 35.5 Å². The van der Waals surface area contributed by atoms with Gasteiger partial charge in [-0.2, -0.15) is 0 Å². The summed E-state index contributed by atoms with van der Waals surface area (Å²) in [6, 6.07) is 13.2. The largest absolute Gasteiger partial charge is 0.494 e. The fourth-order valence-electron chi connectivity index (χ4n) is 1.82. The Morgan fingerprint density at radius 1 is 1.29 bits per heavy atom. The van der Waals surface area contributed by atoms with Crippen molar-refractivity contribution in [3.63, 3.8) is 0 Å². The molecule has 0 bridgehead atoms. The van der Waals surface area contributed by atoms with E-state index in [9.17, 15) is 14.9 Å². The number of non-ortho nitro benzene ring substituents is 1. The van der Waals surface area contributed by atoms with Crippen molar-refractivity contribution in [3.05, 3.63) is 64.2 Å². The van der Waals surface area contributed by atoms with E-state index in [1.165, 1.54) is 31.5 Å². The van der Waals surface area contributed by atoms with E-state index in [1.54, 1.807) is 0 Å². The Morgan fingerprint density at radius 3 is 2.71 bits per heavy atom. The van der Waals surface area contributed by atoms with Crippen molar-refractivity contribution >= 4 is 23.5 Å². The van der Waals surface area contributed by atoms with Gasteiger partial charge in [-0.3, -0.25) is 14.9 Å². The van der Waals surface area contributed by atoms with Crippen LogP contribution in [0.3, 0.4) is 0 Å². The van der Waals surface area contributed by atoms with Crippen molar-refractivity contribution in [1.29, 1.82) is 0 Å². The minimum absolute atomic E-state index is 0.131. The zero-order chi connectivity index (χ0) is 17.4. The van der Waals surface area contributed by atoms with E-state index < -0.39 is 10.8 Å². The first-order valence-electron chi connectivity index (χ1n) is 6.93. The molecule has 0 heterocycles. The second-order valence-corrected chi connectivity index (χ2v) is 4.61. The monoisotopic (exact) mass is 329 g/mol. The molecule has 0 fully saturated rings. The van der Waals surface area contributed by atoms with Crippen LogP contribution in [0.5, 0.6) is 5.75 Å². The molecule has 2 aromatic rings. The quantitative estimate of drug-likeness (QED) is 0.478. The summed E-state index contributed by atoms with van der Waals surface area (Å²) in [7, 11) is 1.36. The minimum Gasteiger partial charge on any atom is -0.494 e. The maximum Gasteiger partial charge on any atom is 0.273 e. The molecular formula is C16H15N3O5. The number of ether oxygens (including phenoxy) is 1. The Labute approximate surface area is 137 Å². The second kappa shape index (κ2) is 8.28. The predicted molar refractivity (Wildman–Crippen MR) is 88.3 cm³/mol. The van der Waals surface area contributed by atoms with Gasteiger partial charge in [0, 0.05) is 6.07 Å². The standard InChI is InChI=1S/C16H15N3O5/c1-23-15-9-13(19(21)22)7-8-14(15)18-16(20)11-24-17-10-12-5-3-2-4-6-12/h2-10H,11H2,1H3,(H,18,20)/b17-10-. The highest BCUT2D eigenvalue weighted by Gasteiger charge is 2.13. The van der Waals surface area contributed by atoms with Gasteiger partial charge in [0.15, 0.2) is 6.61 Å². The van der Waals surface area contributed by atoms with E-state index in [1.807, 2.05) is 30.3 Å². The van der Waals surface area contributed by atoms with Gasteiger partial charge < -0.3 is 14.9 Å². The predicted octanol–water partition coefficient (Wildman–Crippen LogP) is 2.59. The number of nitro groups is 1. The van der Waals surface area contributed by atoms with Gasteiger partial charge in [-0.05, 0) is 11.6 Å². The lowest BCUT2D eigenvalue weighted by Gasteiger charge is -2.09. The molecule has 0 aliphatic rings. The van der Waals surface area contributed by atoms with Crippen LogP contribution in [0, 0.1) is 10.1 Å². The average Bonchev–Trinajstić information content (AvgIpc) is 2.59. The number of benzene rings is 2. The third-order valence-corrected chi connectivity index (χ3v) is 2.94. The van der Waals surface area contributed by atoms with Crippen LogP contribution in [0.1, 0.15) is 5.56 Å². The van der Waals surface area contributed by atoms with Gasteiger partial charge in [0.1, 0.15) is 5.75 Å². The molecule has 2 rings (SSSR count). The van der Waals surface area contributed by atoms with Crippen molar-refractivity contribution in [2.45, 2.75) is 0 Å². The number of methoxy groups -OCH3 is 1. The molecule has 0 saturated carbocycles. The second-order valence-electron chi connectivity index (χ2n) is 4.61. The van der Waals surface area contributed by atoms with Gasteiger partial charge in [0.05, 0.1) is 30.0 Å². The summed E-state index contributed by atoms with van der Waals surface area (Å²) >= 11 is 0. The van der Waals surface area contributed by atoms with Crippen LogP contribution < -0.4 is 10.1 Å². The molecule has 0 unspecified atom stereocenters. The van der Waals surface area contributed by atoms with Gasteiger partial charge >= 0.3 is 0 Å². The molecule has 0 aromatic heterocycles. The number of nitrogens with zero attached hydrogens (tertiary/aromatic N) is 2. The smallest absolute Gasteiger partial charge is 0.273 e. The number of nitro benzene ring substituents is 1. The summed E-state index contributed by atoms with van der Waals surface area (Å²) < 4.78 is 5.03. The molecule has 0 aliphatic heterocycles. The molecule has 0 atom stereocenters. The number of oxime groups is 1. The molecule has 8 nitrogen and oxygen atoms in total. The first-order chi connectivity index (χ1) is 11.6. The number of carbonyl (C=O) groups excluding carboxylic acids is 1. The fraction of sp³-hybridized carbons (Fsp3) is 0.125. The van der Waals surface area contributed by atoms with Crippen LogP contribution in [-0.2, 0) is 9.63 Å². The normalized spacial score (nSPS) is 10.4. The molecule has 0 radical (unpaired) electrons.